The second kappa shape index (κ2) is 8.19. The normalized spacial score (nSPS) is 10.7. The van der Waals surface area contributed by atoms with Crippen LogP contribution in [0.2, 0.25) is 0 Å². The Hall–Kier alpha value is -2.60. The van der Waals surface area contributed by atoms with Gasteiger partial charge in [-0.15, -0.1) is 10.2 Å². The van der Waals surface area contributed by atoms with Crippen LogP contribution in [0.25, 0.3) is 0 Å². The van der Waals surface area contributed by atoms with Crippen LogP contribution in [0.1, 0.15) is 22.5 Å². The molecule has 0 saturated carbocycles. The van der Waals surface area contributed by atoms with Crippen LogP contribution in [0.5, 0.6) is 0 Å². The van der Waals surface area contributed by atoms with Crippen molar-refractivity contribution in [3.05, 3.63) is 71.0 Å². The molecule has 0 aliphatic heterocycles. The van der Waals surface area contributed by atoms with E-state index in [1.165, 1.54) is 22.9 Å². The Morgan fingerprint density at radius 2 is 1.88 bits per heavy atom. The van der Waals surface area contributed by atoms with Crippen molar-refractivity contribution < 1.29 is 4.79 Å². The first-order valence-electron chi connectivity index (χ1n) is 8.45. The highest BCUT2D eigenvalue weighted by molar-refractivity contribution is 7.99. The van der Waals surface area contributed by atoms with E-state index in [1.54, 1.807) is 0 Å². The molecule has 3 aromatic rings. The molecule has 1 aromatic heterocycles. The van der Waals surface area contributed by atoms with Crippen molar-refractivity contribution in [2.24, 2.45) is 7.05 Å². The Kier molecular flexibility index (Phi) is 5.73. The maximum atomic E-state index is 12.2. The molecule has 0 fully saturated rings. The largest absolute Gasteiger partial charge is 0.325 e. The van der Waals surface area contributed by atoms with Crippen molar-refractivity contribution in [1.82, 2.24) is 14.8 Å². The van der Waals surface area contributed by atoms with Crippen molar-refractivity contribution in [2.45, 2.75) is 25.4 Å². The van der Waals surface area contributed by atoms with Gasteiger partial charge in [0.15, 0.2) is 5.16 Å². The number of anilines is 1. The molecule has 0 atom stereocenters. The minimum atomic E-state index is -0.0467. The van der Waals surface area contributed by atoms with E-state index in [2.05, 4.69) is 33.7 Å². The molecule has 3 rings (SSSR count). The number of hydrogen-bond donors (Lipinski definition) is 1. The van der Waals surface area contributed by atoms with E-state index in [-0.39, 0.29) is 5.91 Å². The van der Waals surface area contributed by atoms with Crippen molar-refractivity contribution in [2.75, 3.05) is 11.1 Å². The van der Waals surface area contributed by atoms with E-state index in [0.717, 1.165) is 28.7 Å². The van der Waals surface area contributed by atoms with Crippen LogP contribution >= 0.6 is 11.8 Å². The predicted octanol–water partition coefficient (Wildman–Crippen LogP) is 3.75. The third-order valence-corrected chi connectivity index (χ3v) is 5.14. The van der Waals surface area contributed by atoms with E-state index in [9.17, 15) is 4.79 Å². The molecule has 0 bridgehead atoms. The summed E-state index contributed by atoms with van der Waals surface area (Å²) in [5, 5.41) is 12.2. The summed E-state index contributed by atoms with van der Waals surface area (Å²) in [5.41, 5.74) is 4.28. The average Bonchev–Trinajstić information content (AvgIpc) is 2.96. The quantitative estimate of drug-likeness (QED) is 0.675. The fraction of sp³-hybridized carbons (Fsp3) is 0.250. The summed E-state index contributed by atoms with van der Waals surface area (Å²) in [6.45, 7) is 4.03. The highest BCUT2D eigenvalue weighted by Gasteiger charge is 2.12. The zero-order valence-corrected chi connectivity index (χ0v) is 16.0. The number of nitrogens with zero attached hydrogens (tertiary/aromatic N) is 3. The van der Waals surface area contributed by atoms with Crippen LogP contribution in [0, 0.1) is 13.8 Å². The average molecular weight is 366 g/mol. The molecule has 5 nitrogen and oxygen atoms in total. The van der Waals surface area contributed by atoms with E-state index >= 15 is 0 Å². The maximum absolute atomic E-state index is 12.2. The molecular weight excluding hydrogens is 344 g/mol. The number of nitrogens with one attached hydrogen (secondary N) is 1. The lowest BCUT2D eigenvalue weighted by molar-refractivity contribution is -0.113. The highest BCUT2D eigenvalue weighted by atomic mass is 32.2. The molecule has 26 heavy (non-hydrogen) atoms. The van der Waals surface area contributed by atoms with Gasteiger partial charge in [0.2, 0.25) is 5.91 Å². The predicted molar refractivity (Wildman–Crippen MR) is 106 cm³/mol. The molecule has 1 N–H and O–H groups in total. The summed E-state index contributed by atoms with van der Waals surface area (Å²) >= 11 is 1.39. The summed E-state index contributed by atoms with van der Waals surface area (Å²) in [6, 6.07) is 16.1. The SMILES string of the molecule is Cc1ccc(NC(=O)CSc2nnc(Cc3ccccc3)n2C)c(C)c1. The number of aryl methyl sites for hydroxylation is 2. The van der Waals surface area contributed by atoms with Gasteiger partial charge in [-0.25, -0.2) is 0 Å². The lowest BCUT2D eigenvalue weighted by Gasteiger charge is -2.09. The Bertz CT molecular complexity index is 905. The molecule has 6 heteroatoms. The first-order chi connectivity index (χ1) is 12.5. The van der Waals surface area contributed by atoms with Gasteiger partial charge in [0, 0.05) is 19.2 Å². The van der Waals surface area contributed by atoms with Crippen LogP contribution in [-0.4, -0.2) is 26.4 Å². The van der Waals surface area contributed by atoms with Gasteiger partial charge in [-0.3, -0.25) is 4.79 Å². The number of rotatable bonds is 6. The van der Waals surface area contributed by atoms with Crippen molar-refractivity contribution >= 4 is 23.4 Å². The van der Waals surface area contributed by atoms with Gasteiger partial charge in [0.1, 0.15) is 5.82 Å². The monoisotopic (exact) mass is 366 g/mol. The zero-order valence-electron chi connectivity index (χ0n) is 15.2. The van der Waals surface area contributed by atoms with E-state index in [1.807, 2.05) is 55.8 Å². The number of amides is 1. The van der Waals surface area contributed by atoms with Crippen LogP contribution < -0.4 is 5.32 Å². The molecule has 1 heterocycles. The first-order valence-corrected chi connectivity index (χ1v) is 9.43. The van der Waals surface area contributed by atoms with Gasteiger partial charge in [-0.05, 0) is 31.0 Å². The summed E-state index contributed by atoms with van der Waals surface area (Å²) in [4.78, 5) is 12.2. The maximum Gasteiger partial charge on any atom is 0.234 e. The molecule has 1 amide bonds. The molecule has 0 aliphatic carbocycles. The number of carbonyl (C=O) groups is 1. The van der Waals surface area contributed by atoms with Gasteiger partial charge in [0.05, 0.1) is 5.75 Å². The number of carbonyl (C=O) groups excluding carboxylic acids is 1. The summed E-state index contributed by atoms with van der Waals surface area (Å²) in [6.07, 6.45) is 0.722. The number of hydrogen-bond acceptors (Lipinski definition) is 4. The van der Waals surface area contributed by atoms with Gasteiger partial charge in [-0.2, -0.15) is 0 Å². The lowest BCUT2D eigenvalue weighted by atomic mass is 10.1. The molecule has 134 valence electrons. The van der Waals surface area contributed by atoms with Crippen molar-refractivity contribution in [3.63, 3.8) is 0 Å². The molecule has 0 spiro atoms. The minimum Gasteiger partial charge on any atom is -0.325 e. The number of benzene rings is 2. The Balaban J connectivity index is 1.58. The Morgan fingerprint density at radius 1 is 1.12 bits per heavy atom. The fourth-order valence-electron chi connectivity index (χ4n) is 2.67. The molecule has 0 aliphatic rings. The van der Waals surface area contributed by atoms with Crippen LogP contribution in [0.15, 0.2) is 53.7 Å². The van der Waals surface area contributed by atoms with Gasteiger partial charge < -0.3 is 9.88 Å². The minimum absolute atomic E-state index is 0.0467. The third-order valence-electron chi connectivity index (χ3n) is 4.12. The highest BCUT2D eigenvalue weighted by Crippen LogP contribution is 2.19. The molecule has 0 saturated heterocycles. The molecule has 2 aromatic carbocycles. The second-order valence-electron chi connectivity index (χ2n) is 6.28. The first kappa shape index (κ1) is 18.2. The Morgan fingerprint density at radius 3 is 2.62 bits per heavy atom. The smallest absolute Gasteiger partial charge is 0.234 e. The van der Waals surface area contributed by atoms with E-state index in [0.29, 0.717) is 5.75 Å². The molecule has 0 radical (unpaired) electrons. The van der Waals surface area contributed by atoms with Crippen LogP contribution in [-0.2, 0) is 18.3 Å². The molecular formula is C20H22N4OS. The van der Waals surface area contributed by atoms with Crippen molar-refractivity contribution in [3.8, 4) is 0 Å². The summed E-state index contributed by atoms with van der Waals surface area (Å²) < 4.78 is 1.95. The van der Waals surface area contributed by atoms with Crippen LogP contribution in [0.3, 0.4) is 0 Å². The zero-order chi connectivity index (χ0) is 18.5. The Labute approximate surface area is 157 Å². The lowest BCUT2D eigenvalue weighted by Crippen LogP contribution is -2.15. The topological polar surface area (TPSA) is 59.8 Å². The van der Waals surface area contributed by atoms with Gasteiger partial charge in [0.25, 0.3) is 0 Å². The number of aromatic nitrogens is 3. The van der Waals surface area contributed by atoms with Gasteiger partial charge in [-0.1, -0.05) is 59.8 Å². The van der Waals surface area contributed by atoms with Crippen molar-refractivity contribution in [1.29, 1.82) is 0 Å². The summed E-state index contributed by atoms with van der Waals surface area (Å²) in [5.74, 6) is 1.13. The summed E-state index contributed by atoms with van der Waals surface area (Å²) in [7, 11) is 1.93. The fourth-order valence-corrected chi connectivity index (χ4v) is 3.40. The second-order valence-corrected chi connectivity index (χ2v) is 7.22. The van der Waals surface area contributed by atoms with Crippen LogP contribution in [0.4, 0.5) is 5.69 Å². The number of thioether (sulfide) groups is 1. The molecule has 0 unspecified atom stereocenters. The van der Waals surface area contributed by atoms with Gasteiger partial charge >= 0.3 is 0 Å². The van der Waals surface area contributed by atoms with E-state index in [4.69, 9.17) is 0 Å². The third kappa shape index (κ3) is 4.52. The standard InChI is InChI=1S/C20H22N4OS/c1-14-9-10-17(15(2)11-14)21-19(25)13-26-20-23-22-18(24(20)3)12-16-7-5-4-6-8-16/h4-11H,12-13H2,1-3H3,(H,21,25). The van der Waals surface area contributed by atoms with E-state index < -0.39 is 0 Å².